The first-order valence-corrected chi connectivity index (χ1v) is 13.1. The molecule has 8 heteroatoms. The summed E-state index contributed by atoms with van der Waals surface area (Å²) < 4.78 is 0. The number of Topliss-reactive ketones (excluding diaryl/α,β-unsaturated/α-hetero) is 1. The van der Waals surface area contributed by atoms with Gasteiger partial charge in [-0.1, -0.05) is 47.5 Å². The van der Waals surface area contributed by atoms with Crippen molar-refractivity contribution in [2.45, 2.75) is 52.6 Å². The van der Waals surface area contributed by atoms with Crippen LogP contribution in [0.2, 0.25) is 0 Å². The topological polar surface area (TPSA) is 133 Å². The highest BCUT2D eigenvalue weighted by Gasteiger charge is 2.56. The van der Waals surface area contributed by atoms with Crippen LogP contribution in [0.5, 0.6) is 0 Å². The minimum absolute atomic E-state index is 0.0187. The molecule has 0 aliphatic heterocycles. The number of benzene rings is 3. The first kappa shape index (κ1) is 28.7. The number of aryl methyl sites for hydroxylation is 4. The van der Waals surface area contributed by atoms with Gasteiger partial charge in [0.25, 0.3) is 0 Å². The molecule has 0 heterocycles. The molecule has 0 bridgehead atoms. The number of hydrogen-bond acceptors (Lipinski definition) is 5. The van der Waals surface area contributed by atoms with E-state index in [0.717, 1.165) is 22.3 Å². The molecule has 1 fully saturated rings. The second-order valence-electron chi connectivity index (χ2n) is 11.0. The summed E-state index contributed by atoms with van der Waals surface area (Å²) in [4.78, 5) is 52.7. The molecule has 4 N–H and O–H groups in total. The number of nitrogens with one attached hydrogen (secondary N) is 2. The number of anilines is 2. The molecule has 0 radical (unpaired) electrons. The third-order valence-electron chi connectivity index (χ3n) is 7.65. The lowest BCUT2D eigenvalue weighted by Crippen LogP contribution is -2.56. The molecule has 0 saturated heterocycles. The summed E-state index contributed by atoms with van der Waals surface area (Å²) >= 11 is 0. The highest BCUT2D eigenvalue weighted by atomic mass is 16.4. The van der Waals surface area contributed by atoms with Crippen LogP contribution < -0.4 is 10.6 Å². The molecule has 40 heavy (non-hydrogen) atoms. The lowest BCUT2D eigenvalue weighted by molar-refractivity contribution is -0.150. The Morgan fingerprint density at radius 2 is 1.30 bits per heavy atom. The largest absolute Gasteiger partial charge is 0.478 e. The molecule has 8 nitrogen and oxygen atoms in total. The number of carbonyl (C=O) groups excluding carboxylic acids is 3. The average Bonchev–Trinajstić information content (AvgIpc) is 2.86. The molecule has 0 aromatic heterocycles. The number of aromatic carboxylic acids is 1. The fourth-order valence-electron chi connectivity index (χ4n) is 5.67. The fourth-order valence-corrected chi connectivity index (χ4v) is 5.67. The zero-order valence-corrected chi connectivity index (χ0v) is 23.2. The van der Waals surface area contributed by atoms with E-state index < -0.39 is 53.3 Å². The normalized spacial score (nSPS) is 22.4. The minimum Gasteiger partial charge on any atom is -0.478 e. The van der Waals surface area contributed by atoms with Crippen molar-refractivity contribution in [3.8, 4) is 0 Å². The number of rotatable bonds is 6. The van der Waals surface area contributed by atoms with E-state index in [4.69, 9.17) is 0 Å². The van der Waals surface area contributed by atoms with Gasteiger partial charge in [0.2, 0.25) is 11.8 Å². The number of carboxylic acids is 1. The van der Waals surface area contributed by atoms with Crippen LogP contribution in [0.15, 0.2) is 60.7 Å². The van der Waals surface area contributed by atoms with Crippen LogP contribution >= 0.6 is 0 Å². The van der Waals surface area contributed by atoms with Crippen LogP contribution in [-0.2, 0) is 14.4 Å². The van der Waals surface area contributed by atoms with Gasteiger partial charge in [0, 0.05) is 23.7 Å². The fraction of sp³-hybridized carbons (Fsp3) is 0.312. The zero-order chi connectivity index (χ0) is 29.4. The summed E-state index contributed by atoms with van der Waals surface area (Å²) in [5.74, 6) is -6.33. The van der Waals surface area contributed by atoms with Crippen LogP contribution in [0, 0.1) is 39.5 Å². The van der Waals surface area contributed by atoms with Crippen LogP contribution in [0.3, 0.4) is 0 Å². The number of aliphatic hydroxyl groups is 1. The number of carboxylic acid groups (broad SMARTS) is 1. The molecule has 1 aliphatic carbocycles. The van der Waals surface area contributed by atoms with Crippen molar-refractivity contribution in [3.63, 3.8) is 0 Å². The van der Waals surface area contributed by atoms with Crippen molar-refractivity contribution in [1.82, 2.24) is 0 Å². The third-order valence-corrected chi connectivity index (χ3v) is 7.65. The van der Waals surface area contributed by atoms with Gasteiger partial charge in [0.15, 0.2) is 0 Å². The number of amides is 2. The molecular formula is C32H34N2O6. The van der Waals surface area contributed by atoms with Gasteiger partial charge in [-0.15, -0.1) is 0 Å². The monoisotopic (exact) mass is 542 g/mol. The van der Waals surface area contributed by atoms with Gasteiger partial charge in [-0.2, -0.15) is 0 Å². The van der Waals surface area contributed by atoms with Crippen molar-refractivity contribution >= 4 is 34.9 Å². The SMILES string of the molecule is Cc1ccc(NC(=O)C2C(=O)CC(C)(O)C(C(=O)Nc3ccc(C)cc3C)C2c2ccc(C(=O)O)cc2)c(C)c1. The Morgan fingerprint density at radius 3 is 1.77 bits per heavy atom. The Kier molecular flexibility index (Phi) is 7.93. The molecular weight excluding hydrogens is 508 g/mol. The Hall–Kier alpha value is -4.30. The lowest BCUT2D eigenvalue weighted by atomic mass is 9.61. The van der Waals surface area contributed by atoms with Crippen LogP contribution in [0.1, 0.15) is 57.4 Å². The highest BCUT2D eigenvalue weighted by molar-refractivity contribution is 6.10. The number of ketones is 1. The predicted molar refractivity (Wildman–Crippen MR) is 152 cm³/mol. The molecule has 1 saturated carbocycles. The minimum atomic E-state index is -1.77. The van der Waals surface area contributed by atoms with Gasteiger partial charge < -0.3 is 20.8 Å². The second kappa shape index (κ2) is 11.1. The van der Waals surface area contributed by atoms with E-state index in [2.05, 4.69) is 10.6 Å². The molecule has 4 atom stereocenters. The van der Waals surface area contributed by atoms with Crippen molar-refractivity contribution in [2.75, 3.05) is 10.6 Å². The van der Waals surface area contributed by atoms with Crippen molar-refractivity contribution in [3.05, 3.63) is 94.0 Å². The van der Waals surface area contributed by atoms with Crippen LogP contribution in [0.4, 0.5) is 11.4 Å². The molecule has 2 amide bonds. The molecule has 0 spiro atoms. The molecule has 208 valence electrons. The van der Waals surface area contributed by atoms with Gasteiger partial charge >= 0.3 is 5.97 Å². The van der Waals surface area contributed by atoms with E-state index in [1.165, 1.54) is 31.2 Å². The highest BCUT2D eigenvalue weighted by Crippen LogP contribution is 2.47. The zero-order valence-electron chi connectivity index (χ0n) is 23.2. The summed E-state index contributed by atoms with van der Waals surface area (Å²) in [6.07, 6.45) is -0.396. The van der Waals surface area contributed by atoms with E-state index in [-0.39, 0.29) is 5.56 Å². The number of carbonyl (C=O) groups is 4. The Balaban J connectivity index is 1.80. The predicted octanol–water partition coefficient (Wildman–Crippen LogP) is 4.94. The van der Waals surface area contributed by atoms with Crippen LogP contribution in [0.25, 0.3) is 0 Å². The first-order valence-electron chi connectivity index (χ1n) is 13.1. The van der Waals surface area contributed by atoms with Crippen molar-refractivity contribution in [2.24, 2.45) is 11.8 Å². The summed E-state index contributed by atoms with van der Waals surface area (Å²) in [6, 6.07) is 16.8. The maximum atomic E-state index is 13.9. The molecule has 1 aliphatic rings. The smallest absolute Gasteiger partial charge is 0.335 e. The summed E-state index contributed by atoms with van der Waals surface area (Å²) in [7, 11) is 0. The van der Waals surface area contributed by atoms with E-state index in [9.17, 15) is 29.4 Å². The number of hydrogen-bond donors (Lipinski definition) is 4. The Morgan fingerprint density at radius 1 is 0.800 bits per heavy atom. The standard InChI is InChI=1S/C32H34N2O6/c1-17-6-12-23(19(3)14-17)33-29(36)27-25(35)16-32(5,40)28(26(27)21-8-10-22(11-9-21)31(38)39)30(37)34-24-13-7-18(2)15-20(24)4/h6-15,26-28,40H,16H2,1-5H3,(H,33,36)(H,34,37)(H,38,39). The average molecular weight is 543 g/mol. The van der Waals surface area contributed by atoms with Gasteiger partial charge in [-0.25, -0.2) is 4.79 Å². The molecule has 4 unspecified atom stereocenters. The van der Waals surface area contributed by atoms with Gasteiger partial charge in [-0.3, -0.25) is 14.4 Å². The second-order valence-corrected chi connectivity index (χ2v) is 11.0. The van der Waals surface area contributed by atoms with Crippen molar-refractivity contribution < 1.29 is 29.4 Å². The summed E-state index contributed by atoms with van der Waals surface area (Å²) in [5.41, 5.74) is 3.42. The first-order chi connectivity index (χ1) is 18.8. The van der Waals surface area contributed by atoms with E-state index in [1.54, 1.807) is 12.1 Å². The van der Waals surface area contributed by atoms with E-state index in [0.29, 0.717) is 16.9 Å². The third kappa shape index (κ3) is 5.82. The van der Waals surface area contributed by atoms with Crippen molar-refractivity contribution in [1.29, 1.82) is 0 Å². The quantitative estimate of drug-likeness (QED) is 0.326. The van der Waals surface area contributed by atoms with E-state index in [1.807, 2.05) is 52.0 Å². The van der Waals surface area contributed by atoms with Gasteiger partial charge in [-0.05, 0) is 75.6 Å². The molecule has 3 aromatic carbocycles. The van der Waals surface area contributed by atoms with E-state index >= 15 is 0 Å². The van der Waals surface area contributed by atoms with Gasteiger partial charge in [0.05, 0.1) is 17.1 Å². The maximum Gasteiger partial charge on any atom is 0.335 e. The van der Waals surface area contributed by atoms with Crippen LogP contribution in [-0.4, -0.2) is 39.4 Å². The maximum absolute atomic E-state index is 13.9. The Bertz CT molecular complexity index is 1490. The summed E-state index contributed by atoms with van der Waals surface area (Å²) in [5, 5.41) is 26.6. The lowest BCUT2D eigenvalue weighted by Gasteiger charge is -2.44. The molecule has 3 aromatic rings. The van der Waals surface area contributed by atoms with Gasteiger partial charge in [0.1, 0.15) is 11.7 Å². The molecule has 4 rings (SSSR count). The Labute approximate surface area is 233 Å². The summed E-state index contributed by atoms with van der Waals surface area (Å²) in [6.45, 7) is 8.99.